The third-order valence-corrected chi connectivity index (χ3v) is 2.81. The minimum atomic E-state index is -0.591. The largest absolute Gasteiger partial charge is 0.293 e. The molecule has 0 saturated heterocycles. The highest BCUT2D eigenvalue weighted by Gasteiger charge is 2.25. The number of allylic oxidation sites excluding steroid dienone is 1. The van der Waals surface area contributed by atoms with E-state index in [4.69, 9.17) is 5.26 Å². The summed E-state index contributed by atoms with van der Waals surface area (Å²) in [6, 6.07) is 9.41. The normalized spacial score (nSPS) is 12.2. The minimum absolute atomic E-state index is 0.0991. The van der Waals surface area contributed by atoms with Crippen molar-refractivity contribution in [1.29, 1.82) is 5.26 Å². The molecule has 0 radical (unpaired) electrons. The maximum atomic E-state index is 12.1. The van der Waals surface area contributed by atoms with Gasteiger partial charge in [0.05, 0.1) is 28.5 Å². The van der Waals surface area contributed by atoms with E-state index in [1.54, 1.807) is 27.0 Å². The van der Waals surface area contributed by atoms with Crippen LogP contribution in [0.2, 0.25) is 0 Å². The summed E-state index contributed by atoms with van der Waals surface area (Å²) in [7, 11) is 0. The molecular weight excluding hydrogens is 250 g/mol. The molecule has 0 N–H and O–H groups in total. The Hall–Kier alpha value is -2.54. The van der Waals surface area contributed by atoms with Crippen LogP contribution in [0.1, 0.15) is 26.5 Å². The molecule has 0 aliphatic rings. The Labute approximate surface area is 117 Å². The number of aromatic nitrogens is 2. The van der Waals surface area contributed by atoms with Gasteiger partial charge in [0.15, 0.2) is 5.78 Å². The lowest BCUT2D eigenvalue weighted by Crippen LogP contribution is -2.21. The molecule has 0 bridgehead atoms. The topological polar surface area (TPSA) is 66.6 Å². The fourth-order valence-electron chi connectivity index (χ4n) is 1.74. The summed E-state index contributed by atoms with van der Waals surface area (Å²) < 4.78 is 0. The van der Waals surface area contributed by atoms with E-state index in [0.29, 0.717) is 5.69 Å². The lowest BCUT2D eigenvalue weighted by molar-refractivity contribution is -0.121. The third-order valence-electron chi connectivity index (χ3n) is 2.81. The lowest BCUT2D eigenvalue weighted by Gasteiger charge is -2.15. The fourth-order valence-corrected chi connectivity index (χ4v) is 1.74. The van der Waals surface area contributed by atoms with Crippen LogP contribution < -0.4 is 0 Å². The molecule has 0 fully saturated rings. The first-order valence-electron chi connectivity index (χ1n) is 6.30. The zero-order valence-electron chi connectivity index (χ0n) is 11.7. The average Bonchev–Trinajstić information content (AvgIpc) is 2.43. The van der Waals surface area contributed by atoms with Gasteiger partial charge in [0.2, 0.25) is 0 Å². The van der Waals surface area contributed by atoms with E-state index in [1.807, 2.05) is 30.3 Å². The number of nitrogens with zero attached hydrogens (tertiary/aromatic N) is 3. The van der Waals surface area contributed by atoms with Gasteiger partial charge in [-0.15, -0.1) is 0 Å². The Morgan fingerprint density at radius 3 is 2.50 bits per heavy atom. The quantitative estimate of drug-likeness (QED) is 0.618. The van der Waals surface area contributed by atoms with Crippen LogP contribution in [-0.4, -0.2) is 15.8 Å². The zero-order chi connectivity index (χ0) is 14.8. The Morgan fingerprint density at radius 1 is 1.25 bits per heavy atom. The molecule has 0 saturated carbocycles. The van der Waals surface area contributed by atoms with E-state index in [-0.39, 0.29) is 11.4 Å². The van der Waals surface area contributed by atoms with Crippen molar-refractivity contribution in [3.05, 3.63) is 41.7 Å². The van der Waals surface area contributed by atoms with Crippen molar-refractivity contribution in [2.45, 2.75) is 20.8 Å². The zero-order valence-corrected chi connectivity index (χ0v) is 11.7. The van der Waals surface area contributed by atoms with Crippen molar-refractivity contribution < 1.29 is 4.79 Å². The number of carbonyl (C=O) groups excluding carboxylic acids is 1. The van der Waals surface area contributed by atoms with Gasteiger partial charge in [-0.25, -0.2) is 4.98 Å². The van der Waals surface area contributed by atoms with Crippen LogP contribution >= 0.6 is 0 Å². The predicted octanol–water partition coefficient (Wildman–Crippen LogP) is 3.15. The van der Waals surface area contributed by atoms with E-state index in [1.165, 1.54) is 6.08 Å². The summed E-state index contributed by atoms with van der Waals surface area (Å²) in [4.78, 5) is 20.8. The van der Waals surface area contributed by atoms with E-state index in [0.717, 1.165) is 11.0 Å². The summed E-state index contributed by atoms with van der Waals surface area (Å²) in [6.45, 7) is 5.35. The number of fused-ring (bicyclic) bond motifs is 1. The number of nitriles is 1. The summed E-state index contributed by atoms with van der Waals surface area (Å²) >= 11 is 0. The molecule has 2 rings (SSSR count). The summed E-state index contributed by atoms with van der Waals surface area (Å²) in [5, 5.41) is 9.15. The number of ketones is 1. The molecule has 4 heteroatoms. The van der Waals surface area contributed by atoms with Crippen molar-refractivity contribution >= 4 is 22.9 Å². The lowest BCUT2D eigenvalue weighted by atomic mass is 9.86. The molecule has 100 valence electrons. The molecule has 1 heterocycles. The first kappa shape index (κ1) is 13.9. The molecule has 0 unspecified atom stereocenters. The minimum Gasteiger partial charge on any atom is -0.293 e. The highest BCUT2D eigenvalue weighted by molar-refractivity contribution is 6.06. The van der Waals surface area contributed by atoms with Crippen molar-refractivity contribution in [2.75, 3.05) is 0 Å². The van der Waals surface area contributed by atoms with Gasteiger partial charge in [0.25, 0.3) is 0 Å². The maximum absolute atomic E-state index is 12.1. The molecule has 0 aliphatic carbocycles. The van der Waals surface area contributed by atoms with Crippen LogP contribution in [0.5, 0.6) is 0 Å². The van der Waals surface area contributed by atoms with Crippen LogP contribution in [0.3, 0.4) is 0 Å². The Morgan fingerprint density at radius 2 is 1.90 bits per heavy atom. The number of hydrogen-bond donors (Lipinski definition) is 0. The monoisotopic (exact) mass is 265 g/mol. The van der Waals surface area contributed by atoms with Gasteiger partial charge in [0.1, 0.15) is 6.07 Å². The molecule has 0 amide bonds. The third kappa shape index (κ3) is 2.89. The van der Waals surface area contributed by atoms with Crippen molar-refractivity contribution in [3.63, 3.8) is 0 Å². The second kappa shape index (κ2) is 5.22. The predicted molar refractivity (Wildman–Crippen MR) is 77.6 cm³/mol. The van der Waals surface area contributed by atoms with Gasteiger partial charge >= 0.3 is 0 Å². The Bertz CT molecular complexity index is 733. The smallest absolute Gasteiger partial charge is 0.178 e. The standard InChI is InChI=1S/C16H15N3O/c1-16(2,3)15(20)11(9-17)8-12-10-18-13-6-4-5-7-14(13)19-12/h4-8,10H,1-3H3/b11-8+. The second-order valence-electron chi connectivity index (χ2n) is 5.53. The molecule has 0 spiro atoms. The number of Topliss-reactive ketones (excluding diaryl/α,β-unsaturated/α-hetero) is 1. The summed E-state index contributed by atoms with van der Waals surface area (Å²) in [6.07, 6.45) is 3.06. The molecule has 4 nitrogen and oxygen atoms in total. The number of para-hydroxylation sites is 2. The summed E-state index contributed by atoms with van der Waals surface area (Å²) in [5.41, 5.74) is 1.54. The van der Waals surface area contributed by atoms with E-state index < -0.39 is 5.41 Å². The van der Waals surface area contributed by atoms with Crippen LogP contribution in [0.4, 0.5) is 0 Å². The first-order valence-corrected chi connectivity index (χ1v) is 6.30. The maximum Gasteiger partial charge on any atom is 0.178 e. The highest BCUT2D eigenvalue weighted by atomic mass is 16.1. The van der Waals surface area contributed by atoms with E-state index in [2.05, 4.69) is 9.97 Å². The fraction of sp³-hybridized carbons (Fsp3) is 0.250. The van der Waals surface area contributed by atoms with Gasteiger partial charge in [-0.3, -0.25) is 9.78 Å². The van der Waals surface area contributed by atoms with Crippen LogP contribution in [-0.2, 0) is 4.79 Å². The van der Waals surface area contributed by atoms with Gasteiger partial charge in [-0.1, -0.05) is 32.9 Å². The van der Waals surface area contributed by atoms with Gasteiger partial charge in [-0.2, -0.15) is 5.26 Å². The molecule has 0 atom stereocenters. The number of carbonyl (C=O) groups is 1. The van der Waals surface area contributed by atoms with Crippen molar-refractivity contribution in [2.24, 2.45) is 5.41 Å². The number of rotatable bonds is 2. The van der Waals surface area contributed by atoms with Crippen LogP contribution in [0.25, 0.3) is 17.1 Å². The molecule has 1 aromatic carbocycles. The Kier molecular flexibility index (Phi) is 3.62. The molecule has 20 heavy (non-hydrogen) atoms. The highest BCUT2D eigenvalue weighted by Crippen LogP contribution is 2.21. The number of hydrogen-bond acceptors (Lipinski definition) is 4. The van der Waals surface area contributed by atoms with E-state index in [9.17, 15) is 4.79 Å². The van der Waals surface area contributed by atoms with Crippen LogP contribution in [0, 0.1) is 16.7 Å². The van der Waals surface area contributed by atoms with Crippen molar-refractivity contribution in [1.82, 2.24) is 9.97 Å². The summed E-state index contributed by atoms with van der Waals surface area (Å²) in [5.74, 6) is -0.199. The molecule has 2 aromatic rings. The molecule has 1 aromatic heterocycles. The Balaban J connectivity index is 2.45. The molecular formula is C16H15N3O. The van der Waals surface area contributed by atoms with Crippen molar-refractivity contribution in [3.8, 4) is 6.07 Å². The van der Waals surface area contributed by atoms with E-state index >= 15 is 0 Å². The average molecular weight is 265 g/mol. The van der Waals surface area contributed by atoms with Gasteiger partial charge < -0.3 is 0 Å². The SMILES string of the molecule is CC(C)(C)C(=O)/C(C#N)=C/c1cnc2ccccc2n1. The first-order chi connectivity index (χ1) is 9.41. The second-order valence-corrected chi connectivity index (χ2v) is 5.53. The number of benzene rings is 1. The molecule has 0 aliphatic heterocycles. The van der Waals surface area contributed by atoms with Gasteiger partial charge in [-0.05, 0) is 18.2 Å². The van der Waals surface area contributed by atoms with Crippen LogP contribution in [0.15, 0.2) is 36.0 Å². The van der Waals surface area contributed by atoms with Gasteiger partial charge in [0, 0.05) is 5.41 Å².